The number of hydrogen-bond donors (Lipinski definition) is 0. The zero-order valence-corrected chi connectivity index (χ0v) is 10.2. The normalized spacial score (nSPS) is 24.2. The minimum atomic E-state index is 0.180. The molecule has 0 aliphatic heterocycles. The topological polar surface area (TPSA) is 30.2 Å². The molecule has 1 aromatic heterocycles. The summed E-state index contributed by atoms with van der Waals surface area (Å²) in [7, 11) is 0. The minimum absolute atomic E-state index is 0.180. The van der Waals surface area contributed by atoms with Crippen molar-refractivity contribution in [3.8, 4) is 0 Å². The first-order valence-corrected chi connectivity index (χ1v) is 6.13. The summed E-state index contributed by atoms with van der Waals surface area (Å²) < 4.78 is 5.00. The smallest absolute Gasteiger partial charge is 0.140 e. The number of Topliss-reactive ketones (excluding diaryl/α,β-unsaturated/α-hetero) is 1. The third-order valence-corrected chi connectivity index (χ3v) is 3.85. The van der Waals surface area contributed by atoms with Gasteiger partial charge in [0, 0.05) is 12.3 Å². The zero-order valence-electron chi connectivity index (χ0n) is 10.2. The first-order chi connectivity index (χ1) is 7.59. The van der Waals surface area contributed by atoms with Crippen molar-refractivity contribution in [1.82, 2.24) is 0 Å². The molecule has 1 saturated carbocycles. The summed E-state index contributed by atoms with van der Waals surface area (Å²) in [5.41, 5.74) is 1.19. The summed E-state index contributed by atoms with van der Waals surface area (Å²) >= 11 is 0. The van der Waals surface area contributed by atoms with E-state index in [1.54, 1.807) is 12.5 Å². The van der Waals surface area contributed by atoms with Crippen molar-refractivity contribution in [3.05, 3.63) is 24.2 Å². The quantitative estimate of drug-likeness (QED) is 0.779. The lowest BCUT2D eigenvalue weighted by atomic mass is 9.66. The largest absolute Gasteiger partial charge is 0.472 e. The Balaban J connectivity index is 2.03. The lowest BCUT2D eigenvalue weighted by molar-refractivity contribution is -0.127. The zero-order chi connectivity index (χ0) is 11.6. The third-order valence-electron chi connectivity index (χ3n) is 3.85. The van der Waals surface area contributed by atoms with Gasteiger partial charge in [0.25, 0.3) is 0 Å². The fourth-order valence-electron chi connectivity index (χ4n) is 2.81. The molecule has 0 amide bonds. The van der Waals surface area contributed by atoms with Crippen molar-refractivity contribution in [3.63, 3.8) is 0 Å². The molecule has 1 fully saturated rings. The number of hydrogen-bond acceptors (Lipinski definition) is 2. The molecular weight excluding hydrogens is 200 g/mol. The Morgan fingerprint density at radius 1 is 1.50 bits per heavy atom. The molecule has 2 nitrogen and oxygen atoms in total. The van der Waals surface area contributed by atoms with Crippen LogP contribution in [0.25, 0.3) is 0 Å². The van der Waals surface area contributed by atoms with Crippen LogP contribution in [0.4, 0.5) is 0 Å². The summed E-state index contributed by atoms with van der Waals surface area (Å²) in [5.74, 6) is 0.613. The summed E-state index contributed by atoms with van der Waals surface area (Å²) in [4.78, 5) is 12.2. The van der Waals surface area contributed by atoms with Crippen molar-refractivity contribution in [2.45, 2.75) is 46.0 Å². The van der Waals surface area contributed by atoms with E-state index in [0.717, 1.165) is 12.0 Å². The van der Waals surface area contributed by atoms with Gasteiger partial charge in [0.2, 0.25) is 0 Å². The van der Waals surface area contributed by atoms with Gasteiger partial charge < -0.3 is 4.42 Å². The number of rotatable bonds is 3. The van der Waals surface area contributed by atoms with E-state index in [2.05, 4.69) is 13.8 Å². The Morgan fingerprint density at radius 3 is 2.94 bits per heavy atom. The molecule has 1 aliphatic carbocycles. The van der Waals surface area contributed by atoms with Gasteiger partial charge >= 0.3 is 0 Å². The third kappa shape index (κ3) is 2.37. The van der Waals surface area contributed by atoms with Gasteiger partial charge in [-0.3, -0.25) is 4.79 Å². The van der Waals surface area contributed by atoms with Gasteiger partial charge in [-0.25, -0.2) is 0 Å². The van der Waals surface area contributed by atoms with E-state index in [0.29, 0.717) is 12.2 Å². The van der Waals surface area contributed by atoms with Gasteiger partial charge in [0.1, 0.15) is 5.78 Å². The number of carbonyl (C=O) groups excluding carboxylic acids is 1. The Kier molecular flexibility index (Phi) is 3.17. The average Bonchev–Trinajstić information content (AvgIpc) is 2.69. The highest BCUT2D eigenvalue weighted by molar-refractivity contribution is 5.83. The van der Waals surface area contributed by atoms with E-state index in [1.807, 2.05) is 6.07 Å². The fourth-order valence-corrected chi connectivity index (χ4v) is 2.81. The van der Waals surface area contributed by atoms with Gasteiger partial charge in [-0.2, -0.15) is 0 Å². The summed E-state index contributed by atoms with van der Waals surface area (Å²) in [6, 6.07) is 1.88. The van der Waals surface area contributed by atoms with Gasteiger partial charge in [0.05, 0.1) is 12.5 Å². The first-order valence-electron chi connectivity index (χ1n) is 6.13. The highest BCUT2D eigenvalue weighted by Gasteiger charge is 2.36. The minimum Gasteiger partial charge on any atom is -0.472 e. The molecule has 1 atom stereocenters. The van der Waals surface area contributed by atoms with E-state index in [-0.39, 0.29) is 11.3 Å². The molecule has 2 heteroatoms. The van der Waals surface area contributed by atoms with Crippen molar-refractivity contribution in [2.24, 2.45) is 11.3 Å². The highest BCUT2D eigenvalue weighted by atomic mass is 16.3. The highest BCUT2D eigenvalue weighted by Crippen LogP contribution is 2.41. The molecule has 0 saturated heterocycles. The van der Waals surface area contributed by atoms with Crippen LogP contribution in [0.5, 0.6) is 0 Å². The van der Waals surface area contributed by atoms with Crippen LogP contribution >= 0.6 is 0 Å². The molecule has 16 heavy (non-hydrogen) atoms. The van der Waals surface area contributed by atoms with Crippen LogP contribution in [0.2, 0.25) is 0 Å². The molecule has 0 bridgehead atoms. The maximum absolute atomic E-state index is 12.2. The lowest BCUT2D eigenvalue weighted by Gasteiger charge is -2.37. The standard InChI is InChI=1S/C14H20O2/c1-14(2)7-4-3-5-12(14)13(15)9-11-6-8-16-10-11/h6,8,10,12H,3-5,7,9H2,1-2H3. The van der Waals surface area contributed by atoms with Crippen LogP contribution in [0.3, 0.4) is 0 Å². The Labute approximate surface area is 97.0 Å². The van der Waals surface area contributed by atoms with Gasteiger partial charge in [0.15, 0.2) is 0 Å². The SMILES string of the molecule is CC1(C)CCCCC1C(=O)Cc1ccoc1. The van der Waals surface area contributed by atoms with Crippen LogP contribution in [0.1, 0.15) is 45.1 Å². The second-order valence-electron chi connectivity index (χ2n) is 5.56. The van der Waals surface area contributed by atoms with Crippen LogP contribution < -0.4 is 0 Å². The molecule has 1 heterocycles. The molecule has 2 rings (SSSR count). The molecule has 1 unspecified atom stereocenters. The molecule has 0 spiro atoms. The molecular formula is C14H20O2. The predicted molar refractivity (Wildman–Crippen MR) is 63.2 cm³/mol. The van der Waals surface area contributed by atoms with E-state index in [4.69, 9.17) is 4.42 Å². The molecule has 88 valence electrons. The van der Waals surface area contributed by atoms with Gasteiger partial charge in [-0.15, -0.1) is 0 Å². The summed E-state index contributed by atoms with van der Waals surface area (Å²) in [6.45, 7) is 4.45. The van der Waals surface area contributed by atoms with Crippen molar-refractivity contribution in [1.29, 1.82) is 0 Å². The van der Waals surface area contributed by atoms with Crippen molar-refractivity contribution >= 4 is 5.78 Å². The van der Waals surface area contributed by atoms with Gasteiger partial charge in [-0.05, 0) is 29.9 Å². The van der Waals surface area contributed by atoms with Crippen molar-refractivity contribution < 1.29 is 9.21 Å². The number of furan rings is 1. The summed E-state index contributed by atoms with van der Waals surface area (Å²) in [5, 5.41) is 0. The Morgan fingerprint density at radius 2 is 2.31 bits per heavy atom. The van der Waals surface area contributed by atoms with Crippen LogP contribution in [-0.4, -0.2) is 5.78 Å². The molecule has 0 aromatic carbocycles. The first kappa shape index (κ1) is 11.4. The van der Waals surface area contributed by atoms with E-state index in [9.17, 15) is 4.79 Å². The second-order valence-corrected chi connectivity index (χ2v) is 5.56. The Bertz CT molecular complexity index is 349. The van der Waals surface area contributed by atoms with Gasteiger partial charge in [-0.1, -0.05) is 26.7 Å². The van der Waals surface area contributed by atoms with Crippen LogP contribution in [0.15, 0.2) is 23.0 Å². The molecule has 0 N–H and O–H groups in total. The maximum Gasteiger partial charge on any atom is 0.140 e. The summed E-state index contributed by atoms with van der Waals surface area (Å²) in [6.07, 6.45) is 8.54. The van der Waals surface area contributed by atoms with Crippen molar-refractivity contribution in [2.75, 3.05) is 0 Å². The molecule has 0 radical (unpaired) electrons. The Hall–Kier alpha value is -1.05. The van der Waals surface area contributed by atoms with E-state index < -0.39 is 0 Å². The molecule has 1 aromatic rings. The second kappa shape index (κ2) is 4.44. The van der Waals surface area contributed by atoms with Crippen LogP contribution in [0, 0.1) is 11.3 Å². The van der Waals surface area contributed by atoms with E-state index >= 15 is 0 Å². The maximum atomic E-state index is 12.2. The van der Waals surface area contributed by atoms with Crippen LogP contribution in [-0.2, 0) is 11.2 Å². The van der Waals surface area contributed by atoms with E-state index in [1.165, 1.54) is 19.3 Å². The number of carbonyl (C=O) groups is 1. The average molecular weight is 220 g/mol. The molecule has 1 aliphatic rings. The fraction of sp³-hybridized carbons (Fsp3) is 0.643. The lowest BCUT2D eigenvalue weighted by Crippen LogP contribution is -2.34. The number of ketones is 1. The predicted octanol–water partition coefficient (Wildman–Crippen LogP) is 3.61. The monoisotopic (exact) mass is 220 g/mol.